The third kappa shape index (κ3) is 5.74. The molecule has 0 radical (unpaired) electrons. The van der Waals surface area contributed by atoms with E-state index in [2.05, 4.69) is 0 Å². The highest BCUT2D eigenvalue weighted by atomic mass is 16.6. The molecule has 3 rings (SSSR count). The summed E-state index contributed by atoms with van der Waals surface area (Å²) in [4.78, 5) is 64.6. The summed E-state index contributed by atoms with van der Waals surface area (Å²) in [5.74, 6) is -5.31. The molecule has 2 N–H and O–H groups in total. The molecule has 3 aliphatic rings. The van der Waals surface area contributed by atoms with Gasteiger partial charge in [-0.3, -0.25) is 9.59 Å². The Morgan fingerprint density at radius 3 is 2.05 bits per heavy atom. The number of rotatable bonds is 8. The van der Waals surface area contributed by atoms with Crippen molar-refractivity contribution < 1.29 is 57.9 Å². The molecular formula is C31H42O12. The van der Waals surface area contributed by atoms with Crippen molar-refractivity contribution in [2.45, 2.75) is 123 Å². The number of ether oxygens (including phenoxy) is 5. The molecule has 8 atom stereocenters. The molecule has 1 heterocycles. The predicted molar refractivity (Wildman–Crippen MR) is 150 cm³/mol. The lowest BCUT2D eigenvalue weighted by atomic mass is 9.75. The Hall–Kier alpha value is -3.51. The van der Waals surface area contributed by atoms with Crippen LogP contribution in [0, 0.1) is 5.92 Å². The van der Waals surface area contributed by atoms with Gasteiger partial charge in [0.05, 0.1) is 5.92 Å². The number of esters is 5. The van der Waals surface area contributed by atoms with E-state index in [1.54, 1.807) is 27.7 Å². The number of hydrogen-bond acceptors (Lipinski definition) is 12. The molecule has 12 nitrogen and oxygen atoms in total. The highest BCUT2D eigenvalue weighted by Crippen LogP contribution is 2.57. The minimum atomic E-state index is -2.59. The van der Waals surface area contributed by atoms with Crippen LogP contribution in [0.3, 0.4) is 0 Å². The first kappa shape index (κ1) is 34.0. The van der Waals surface area contributed by atoms with E-state index in [1.165, 1.54) is 32.9 Å². The zero-order valence-electron chi connectivity index (χ0n) is 26.1. The molecule has 0 amide bonds. The Kier molecular flexibility index (Phi) is 9.67. The average molecular weight is 607 g/mol. The molecule has 1 saturated carbocycles. The van der Waals surface area contributed by atoms with Crippen molar-refractivity contribution in [3.05, 3.63) is 34.4 Å². The topological polar surface area (TPSA) is 172 Å². The van der Waals surface area contributed by atoms with E-state index in [1.807, 2.05) is 0 Å². The standard InChI is InChI=1S/C31H42O12/c1-10-13-20(33)39-19-14-29(8,43-18(7)32)22-21(25-31(19,38)30(9,37)28(36)42-25)17(6)23(40-26(34)15(4)11-2)24(22)41-27(35)16(5)12-3/h11-12,19,22-25,37-38H,10,13-14H2,1-9H3/b15-11-,16-12-/t19-,22+,23-,24-,25-,29-,30+,31+/m0/s1. The van der Waals surface area contributed by atoms with Crippen molar-refractivity contribution in [1.82, 2.24) is 0 Å². The summed E-state index contributed by atoms with van der Waals surface area (Å²) < 4.78 is 29.0. The van der Waals surface area contributed by atoms with Crippen molar-refractivity contribution >= 4 is 29.8 Å². The van der Waals surface area contributed by atoms with Crippen LogP contribution >= 0.6 is 0 Å². The summed E-state index contributed by atoms with van der Waals surface area (Å²) in [6, 6.07) is 0. The Morgan fingerprint density at radius 2 is 1.53 bits per heavy atom. The number of carbonyl (C=O) groups excluding carboxylic acids is 5. The number of aliphatic hydroxyl groups is 2. The Labute approximate surface area is 251 Å². The molecule has 43 heavy (non-hydrogen) atoms. The van der Waals surface area contributed by atoms with E-state index in [0.717, 1.165) is 13.8 Å². The maximum Gasteiger partial charge on any atom is 0.341 e. The number of allylic oxidation sites excluding steroid dienone is 2. The minimum Gasteiger partial charge on any atom is -0.459 e. The van der Waals surface area contributed by atoms with Crippen molar-refractivity contribution in [3.63, 3.8) is 0 Å². The van der Waals surface area contributed by atoms with E-state index >= 15 is 0 Å². The van der Waals surface area contributed by atoms with Gasteiger partial charge < -0.3 is 33.9 Å². The second-order valence-electron chi connectivity index (χ2n) is 11.8. The van der Waals surface area contributed by atoms with Gasteiger partial charge in [0.25, 0.3) is 0 Å². The summed E-state index contributed by atoms with van der Waals surface area (Å²) in [6.45, 7) is 13.3. The Bertz CT molecular complexity index is 1290. The molecule has 12 heteroatoms. The highest BCUT2D eigenvalue weighted by Gasteiger charge is 2.76. The first-order valence-corrected chi connectivity index (χ1v) is 14.3. The molecular weight excluding hydrogens is 564 g/mol. The van der Waals surface area contributed by atoms with Crippen LogP contribution in [-0.4, -0.2) is 81.3 Å². The molecule has 1 saturated heterocycles. The first-order valence-electron chi connectivity index (χ1n) is 14.3. The normalized spacial score (nSPS) is 35.8. The molecule has 0 aromatic heterocycles. The number of hydrogen-bond donors (Lipinski definition) is 2. The monoisotopic (exact) mass is 606 g/mol. The Balaban J connectivity index is 2.36. The third-order valence-corrected chi connectivity index (χ3v) is 8.76. The van der Waals surface area contributed by atoms with Crippen LogP contribution in [0.1, 0.15) is 81.6 Å². The average Bonchev–Trinajstić information content (AvgIpc) is 3.26. The lowest BCUT2D eigenvalue weighted by molar-refractivity contribution is -0.212. The van der Waals surface area contributed by atoms with E-state index < -0.39 is 83.4 Å². The lowest BCUT2D eigenvalue weighted by Gasteiger charge is -2.41. The van der Waals surface area contributed by atoms with Crippen LogP contribution in [0.4, 0.5) is 0 Å². The van der Waals surface area contributed by atoms with Crippen LogP contribution in [0.15, 0.2) is 34.4 Å². The van der Waals surface area contributed by atoms with Gasteiger partial charge in [0.1, 0.15) is 11.7 Å². The number of carbonyl (C=O) groups is 5. The van der Waals surface area contributed by atoms with Crippen molar-refractivity contribution in [2.24, 2.45) is 5.92 Å². The zero-order valence-corrected chi connectivity index (χ0v) is 26.1. The van der Waals surface area contributed by atoms with Gasteiger partial charge in [0, 0.05) is 30.9 Å². The largest absolute Gasteiger partial charge is 0.459 e. The molecule has 0 aromatic carbocycles. The Morgan fingerprint density at radius 1 is 0.977 bits per heavy atom. The maximum atomic E-state index is 13.2. The second kappa shape index (κ2) is 12.2. The fourth-order valence-electron chi connectivity index (χ4n) is 6.15. The second-order valence-corrected chi connectivity index (χ2v) is 11.8. The predicted octanol–water partition coefficient (Wildman–Crippen LogP) is 2.53. The molecule has 0 spiro atoms. The fraction of sp³-hybridized carbons (Fsp3) is 0.645. The van der Waals surface area contributed by atoms with Gasteiger partial charge in [0.2, 0.25) is 0 Å². The van der Waals surface area contributed by atoms with E-state index in [-0.39, 0.29) is 28.7 Å². The van der Waals surface area contributed by atoms with Gasteiger partial charge in [0.15, 0.2) is 29.5 Å². The molecule has 0 bridgehead atoms. The fourth-order valence-corrected chi connectivity index (χ4v) is 6.15. The molecule has 0 aromatic rings. The van der Waals surface area contributed by atoms with Crippen LogP contribution in [0.25, 0.3) is 0 Å². The van der Waals surface area contributed by atoms with Crippen LogP contribution in [-0.2, 0) is 47.7 Å². The quantitative estimate of drug-likeness (QED) is 0.179. The molecule has 2 fully saturated rings. The summed E-state index contributed by atoms with van der Waals surface area (Å²) in [5, 5.41) is 23.7. The van der Waals surface area contributed by atoms with Crippen molar-refractivity contribution in [2.75, 3.05) is 0 Å². The molecule has 2 aliphatic carbocycles. The van der Waals surface area contributed by atoms with Gasteiger partial charge in [-0.05, 0) is 66.0 Å². The third-order valence-electron chi connectivity index (χ3n) is 8.76. The van der Waals surface area contributed by atoms with Crippen molar-refractivity contribution in [1.29, 1.82) is 0 Å². The van der Waals surface area contributed by atoms with Crippen LogP contribution in [0.5, 0.6) is 0 Å². The van der Waals surface area contributed by atoms with Crippen molar-refractivity contribution in [3.8, 4) is 0 Å². The van der Waals surface area contributed by atoms with Crippen LogP contribution in [0.2, 0.25) is 0 Å². The molecule has 1 aliphatic heterocycles. The highest BCUT2D eigenvalue weighted by molar-refractivity contribution is 5.89. The van der Waals surface area contributed by atoms with Gasteiger partial charge >= 0.3 is 29.8 Å². The minimum absolute atomic E-state index is 0.0329. The van der Waals surface area contributed by atoms with Gasteiger partial charge in [-0.2, -0.15) is 0 Å². The number of fused-ring (bicyclic) bond motifs is 3. The van der Waals surface area contributed by atoms with Gasteiger partial charge in [-0.1, -0.05) is 19.1 Å². The zero-order chi connectivity index (χ0) is 32.7. The maximum absolute atomic E-state index is 13.2. The molecule has 0 unspecified atom stereocenters. The van der Waals surface area contributed by atoms with E-state index in [4.69, 9.17) is 23.7 Å². The summed E-state index contributed by atoms with van der Waals surface area (Å²) in [7, 11) is 0. The molecule has 238 valence electrons. The first-order chi connectivity index (χ1) is 19.9. The van der Waals surface area contributed by atoms with E-state index in [0.29, 0.717) is 6.42 Å². The summed E-state index contributed by atoms with van der Waals surface area (Å²) in [5.41, 5.74) is -6.01. The summed E-state index contributed by atoms with van der Waals surface area (Å²) in [6.07, 6.45) is -2.87. The summed E-state index contributed by atoms with van der Waals surface area (Å²) >= 11 is 0. The smallest absolute Gasteiger partial charge is 0.341 e. The van der Waals surface area contributed by atoms with Crippen LogP contribution < -0.4 is 0 Å². The van der Waals surface area contributed by atoms with Gasteiger partial charge in [-0.25, -0.2) is 14.4 Å². The van der Waals surface area contributed by atoms with E-state index in [9.17, 15) is 34.2 Å². The van der Waals surface area contributed by atoms with Gasteiger partial charge in [-0.15, -0.1) is 0 Å². The SMILES string of the molecule is C/C=C(/C)C(=O)O[C@H]1[C@H]2C(=C(C)[C@@H]1OC(=O)/C(C)=C\C)[C@@H]1OC(=O)[C@@](C)(O)[C@@]1(O)[C@@H](OC(=O)CCC)C[C@]2(C)OC(C)=O. The lowest BCUT2D eigenvalue weighted by Crippen LogP contribution is -2.64.